The van der Waals surface area contributed by atoms with Gasteiger partial charge in [0, 0.05) is 23.9 Å². The highest BCUT2D eigenvalue weighted by molar-refractivity contribution is 6.38. The fourth-order valence-corrected chi connectivity index (χ4v) is 3.70. The van der Waals surface area contributed by atoms with Gasteiger partial charge in [0.1, 0.15) is 23.4 Å². The maximum absolute atomic E-state index is 11.5. The zero-order chi connectivity index (χ0) is 19.5. The van der Waals surface area contributed by atoms with Gasteiger partial charge in [-0.1, -0.05) is 31.5 Å². The molecule has 1 amide bonds. The number of fused-ring (bicyclic) bond motifs is 2. The average molecular weight is 384 g/mol. The number of nitrogen functional groups attached to an aromatic ring is 1. The number of carbonyl (C=O) groups is 1. The van der Waals surface area contributed by atoms with Crippen LogP contribution >= 0.6 is 11.6 Å². The molecule has 4 N–H and O–H groups in total. The standard InChI is InChI=1S/C18H18ClN7O/c1-8(2)18-24-13(15-16(20)22-7-23-26(15)18)14-12(19)10-5-4-9(17(21)27)6-11(10)25(14)3/h4-8H,1-3H3,(H2,21,27)(H2,20,22,23). The fourth-order valence-electron chi connectivity index (χ4n) is 3.32. The van der Waals surface area contributed by atoms with Gasteiger partial charge in [0.05, 0.1) is 16.2 Å². The molecule has 27 heavy (non-hydrogen) atoms. The minimum Gasteiger partial charge on any atom is -0.382 e. The molecule has 4 aromatic rings. The highest BCUT2D eigenvalue weighted by Gasteiger charge is 2.25. The Hall–Kier alpha value is -3.13. The second-order valence-corrected chi connectivity index (χ2v) is 7.07. The number of aromatic nitrogens is 5. The topological polar surface area (TPSA) is 117 Å². The van der Waals surface area contributed by atoms with E-state index in [0.29, 0.717) is 33.3 Å². The summed E-state index contributed by atoms with van der Waals surface area (Å²) < 4.78 is 3.58. The van der Waals surface area contributed by atoms with Crippen molar-refractivity contribution in [2.45, 2.75) is 19.8 Å². The quantitative estimate of drug-likeness (QED) is 0.564. The third-order valence-corrected chi connectivity index (χ3v) is 5.03. The zero-order valence-corrected chi connectivity index (χ0v) is 15.8. The molecule has 0 fully saturated rings. The second-order valence-electron chi connectivity index (χ2n) is 6.70. The number of aryl methyl sites for hydroxylation is 1. The van der Waals surface area contributed by atoms with Crippen LogP contribution in [0.1, 0.15) is 35.9 Å². The SMILES string of the molecule is CC(C)c1nc(-c2c(Cl)c3ccc(C(N)=O)cc3n2C)c2c(N)ncnn12. The van der Waals surface area contributed by atoms with Crippen LogP contribution in [0.5, 0.6) is 0 Å². The van der Waals surface area contributed by atoms with E-state index in [4.69, 9.17) is 28.1 Å². The molecule has 3 heterocycles. The summed E-state index contributed by atoms with van der Waals surface area (Å²) in [5, 5.41) is 5.62. The highest BCUT2D eigenvalue weighted by atomic mass is 35.5. The van der Waals surface area contributed by atoms with Gasteiger partial charge in [0.2, 0.25) is 5.91 Å². The van der Waals surface area contributed by atoms with Gasteiger partial charge < -0.3 is 16.0 Å². The predicted octanol–water partition coefficient (Wildman–Crippen LogP) is 2.74. The van der Waals surface area contributed by atoms with Crippen molar-refractivity contribution in [2.75, 3.05) is 5.73 Å². The van der Waals surface area contributed by atoms with Crippen LogP contribution in [0.15, 0.2) is 24.5 Å². The van der Waals surface area contributed by atoms with Crippen LogP contribution in [0, 0.1) is 0 Å². The van der Waals surface area contributed by atoms with E-state index in [0.717, 1.165) is 16.7 Å². The second kappa shape index (κ2) is 5.95. The van der Waals surface area contributed by atoms with Crippen molar-refractivity contribution in [3.63, 3.8) is 0 Å². The maximum atomic E-state index is 11.5. The molecule has 1 aromatic carbocycles. The Morgan fingerprint density at radius 3 is 2.70 bits per heavy atom. The Labute approximate surface area is 159 Å². The van der Waals surface area contributed by atoms with Gasteiger partial charge in [-0.25, -0.2) is 14.5 Å². The Kier molecular flexibility index (Phi) is 3.81. The molecule has 0 aliphatic rings. The van der Waals surface area contributed by atoms with Crippen molar-refractivity contribution in [2.24, 2.45) is 12.8 Å². The summed E-state index contributed by atoms with van der Waals surface area (Å²) >= 11 is 6.70. The third kappa shape index (κ3) is 2.44. The van der Waals surface area contributed by atoms with E-state index in [2.05, 4.69) is 10.1 Å². The first kappa shape index (κ1) is 17.3. The zero-order valence-electron chi connectivity index (χ0n) is 15.1. The van der Waals surface area contributed by atoms with E-state index < -0.39 is 5.91 Å². The first-order chi connectivity index (χ1) is 12.8. The molecule has 0 saturated heterocycles. The minimum atomic E-state index is -0.497. The molecule has 9 heteroatoms. The van der Waals surface area contributed by atoms with Gasteiger partial charge in [-0.05, 0) is 12.1 Å². The van der Waals surface area contributed by atoms with Gasteiger partial charge in [-0.3, -0.25) is 4.79 Å². The number of rotatable bonds is 3. The van der Waals surface area contributed by atoms with Crippen LogP contribution in [0.3, 0.4) is 0 Å². The molecular weight excluding hydrogens is 366 g/mol. The molecule has 0 aliphatic carbocycles. The van der Waals surface area contributed by atoms with Crippen LogP contribution in [0.4, 0.5) is 5.82 Å². The van der Waals surface area contributed by atoms with E-state index in [1.54, 1.807) is 22.7 Å². The normalized spacial score (nSPS) is 11.7. The number of nitrogens with two attached hydrogens (primary N) is 2. The predicted molar refractivity (Wildman–Crippen MR) is 105 cm³/mol. The van der Waals surface area contributed by atoms with Crippen molar-refractivity contribution >= 4 is 39.7 Å². The maximum Gasteiger partial charge on any atom is 0.248 e. The van der Waals surface area contributed by atoms with Crippen LogP contribution in [0.25, 0.3) is 27.8 Å². The summed E-state index contributed by atoms with van der Waals surface area (Å²) in [6.45, 7) is 4.05. The number of benzene rings is 1. The fraction of sp³-hybridized carbons (Fsp3) is 0.222. The first-order valence-corrected chi connectivity index (χ1v) is 8.76. The number of primary amides is 1. The van der Waals surface area contributed by atoms with Gasteiger partial charge in [0.25, 0.3) is 0 Å². The molecule has 0 unspecified atom stereocenters. The molecular formula is C18H18ClN7O. The molecule has 0 atom stereocenters. The molecule has 0 saturated carbocycles. The van der Waals surface area contributed by atoms with Crippen LogP contribution < -0.4 is 11.5 Å². The summed E-state index contributed by atoms with van der Waals surface area (Å²) in [5.74, 6) is 0.699. The molecule has 3 aromatic heterocycles. The number of nitrogens with zero attached hydrogens (tertiary/aromatic N) is 5. The molecule has 0 aliphatic heterocycles. The van der Waals surface area contributed by atoms with Crippen molar-refractivity contribution in [3.8, 4) is 11.4 Å². The van der Waals surface area contributed by atoms with Crippen LogP contribution in [-0.4, -0.2) is 30.1 Å². The number of imidazole rings is 1. The van der Waals surface area contributed by atoms with E-state index in [-0.39, 0.29) is 5.92 Å². The number of hydrogen-bond donors (Lipinski definition) is 2. The summed E-state index contributed by atoms with van der Waals surface area (Å²) in [6.07, 6.45) is 1.40. The molecule has 4 rings (SSSR count). The van der Waals surface area contributed by atoms with E-state index in [1.807, 2.05) is 25.5 Å². The lowest BCUT2D eigenvalue weighted by Gasteiger charge is -2.04. The largest absolute Gasteiger partial charge is 0.382 e. The highest BCUT2D eigenvalue weighted by Crippen LogP contribution is 2.40. The smallest absolute Gasteiger partial charge is 0.248 e. The van der Waals surface area contributed by atoms with Crippen molar-refractivity contribution in [3.05, 3.63) is 40.9 Å². The number of hydrogen-bond acceptors (Lipinski definition) is 5. The summed E-state index contributed by atoms with van der Waals surface area (Å²) in [7, 11) is 1.86. The lowest BCUT2D eigenvalue weighted by molar-refractivity contribution is 0.100. The Morgan fingerprint density at radius 2 is 2.04 bits per heavy atom. The summed E-state index contributed by atoms with van der Waals surface area (Å²) in [5.41, 5.74) is 14.6. The van der Waals surface area contributed by atoms with Crippen LogP contribution in [0.2, 0.25) is 5.02 Å². The van der Waals surface area contributed by atoms with E-state index >= 15 is 0 Å². The lowest BCUT2D eigenvalue weighted by atomic mass is 10.1. The van der Waals surface area contributed by atoms with Crippen molar-refractivity contribution in [1.82, 2.24) is 24.1 Å². The Morgan fingerprint density at radius 1 is 1.30 bits per heavy atom. The molecule has 138 valence electrons. The van der Waals surface area contributed by atoms with Crippen LogP contribution in [-0.2, 0) is 7.05 Å². The van der Waals surface area contributed by atoms with Gasteiger partial charge in [-0.2, -0.15) is 5.10 Å². The number of anilines is 1. The van der Waals surface area contributed by atoms with Gasteiger partial charge in [-0.15, -0.1) is 0 Å². The lowest BCUT2D eigenvalue weighted by Crippen LogP contribution is -2.10. The summed E-state index contributed by atoms with van der Waals surface area (Å²) in [6, 6.07) is 5.15. The van der Waals surface area contributed by atoms with E-state index in [9.17, 15) is 4.79 Å². The Balaban J connectivity index is 2.10. The monoisotopic (exact) mass is 383 g/mol. The Bertz CT molecular complexity index is 1220. The summed E-state index contributed by atoms with van der Waals surface area (Å²) in [4.78, 5) is 20.4. The van der Waals surface area contributed by atoms with Gasteiger partial charge in [0.15, 0.2) is 5.82 Å². The molecule has 8 nitrogen and oxygen atoms in total. The van der Waals surface area contributed by atoms with Crippen molar-refractivity contribution in [1.29, 1.82) is 0 Å². The average Bonchev–Trinajstić information content (AvgIpc) is 3.12. The third-order valence-electron chi connectivity index (χ3n) is 4.65. The number of halogens is 1. The molecule has 0 radical (unpaired) electrons. The minimum absolute atomic E-state index is 0.121. The molecule has 0 bridgehead atoms. The number of carbonyl (C=O) groups excluding carboxylic acids is 1. The van der Waals surface area contributed by atoms with Crippen molar-refractivity contribution < 1.29 is 4.79 Å². The van der Waals surface area contributed by atoms with Gasteiger partial charge >= 0.3 is 0 Å². The number of amides is 1. The molecule has 0 spiro atoms. The first-order valence-electron chi connectivity index (χ1n) is 8.38. The van der Waals surface area contributed by atoms with E-state index in [1.165, 1.54) is 6.33 Å².